The number of anilines is 1. The Labute approximate surface area is 149 Å². The zero-order valence-corrected chi connectivity index (χ0v) is 14.4. The van der Waals surface area contributed by atoms with Crippen molar-refractivity contribution in [2.45, 2.75) is 26.3 Å². The summed E-state index contributed by atoms with van der Waals surface area (Å²) in [6.07, 6.45) is 0.488. The number of hydrazine groups is 1. The smallest absolute Gasteiger partial charge is 0.234 e. The highest BCUT2D eigenvalue weighted by Crippen LogP contribution is 2.30. The van der Waals surface area contributed by atoms with Gasteiger partial charge in [-0.15, -0.1) is 0 Å². The first kappa shape index (κ1) is 16.3. The van der Waals surface area contributed by atoms with Gasteiger partial charge in [-0.2, -0.15) is 0 Å². The SMILES string of the molecule is CC(=O)Nc1ccc(-c2nc3ccc(C4NNC(=O)CC4C)cc3[nH]2)o1. The molecular formula is C18H19N5O3. The number of nitrogens with one attached hydrogen (secondary N) is 4. The topological polar surface area (TPSA) is 112 Å². The van der Waals surface area contributed by atoms with Gasteiger partial charge < -0.3 is 9.40 Å². The Morgan fingerprint density at radius 1 is 1.31 bits per heavy atom. The highest BCUT2D eigenvalue weighted by atomic mass is 16.4. The number of carbonyl (C=O) groups is 2. The standard InChI is InChI=1S/C18H19N5O3/c1-9-7-15(25)22-23-17(9)11-3-4-12-13(8-11)21-18(20-12)14-5-6-16(26-14)19-10(2)24/h3-6,8-9,17,23H,7H2,1-2H3,(H,19,24)(H,20,21)(H,22,25). The maximum absolute atomic E-state index is 11.5. The number of nitrogens with zero attached hydrogens (tertiary/aromatic N) is 1. The maximum atomic E-state index is 11.5. The summed E-state index contributed by atoms with van der Waals surface area (Å²) in [5.41, 5.74) is 8.52. The van der Waals surface area contributed by atoms with Gasteiger partial charge in [0.2, 0.25) is 11.8 Å². The fourth-order valence-electron chi connectivity index (χ4n) is 3.22. The molecule has 0 saturated carbocycles. The molecular weight excluding hydrogens is 334 g/mol. The highest BCUT2D eigenvalue weighted by molar-refractivity contribution is 5.87. The van der Waals surface area contributed by atoms with E-state index in [0.717, 1.165) is 16.6 Å². The lowest BCUT2D eigenvalue weighted by molar-refractivity contribution is -0.125. The number of amides is 2. The van der Waals surface area contributed by atoms with Crippen molar-refractivity contribution < 1.29 is 14.0 Å². The molecule has 0 spiro atoms. The van der Waals surface area contributed by atoms with Crippen LogP contribution in [0.3, 0.4) is 0 Å². The molecule has 26 heavy (non-hydrogen) atoms. The van der Waals surface area contributed by atoms with E-state index < -0.39 is 0 Å². The molecule has 8 nitrogen and oxygen atoms in total. The van der Waals surface area contributed by atoms with Crippen molar-refractivity contribution in [3.8, 4) is 11.6 Å². The molecule has 0 aliphatic carbocycles. The van der Waals surface area contributed by atoms with Crippen molar-refractivity contribution in [1.29, 1.82) is 0 Å². The number of aromatic nitrogens is 2. The fourth-order valence-corrected chi connectivity index (χ4v) is 3.22. The number of H-pyrrole nitrogens is 1. The number of fused-ring (bicyclic) bond motifs is 1. The summed E-state index contributed by atoms with van der Waals surface area (Å²) in [4.78, 5) is 30.4. The maximum Gasteiger partial charge on any atom is 0.234 e. The van der Waals surface area contributed by atoms with E-state index in [2.05, 4.69) is 26.1 Å². The fraction of sp³-hybridized carbons (Fsp3) is 0.278. The Bertz CT molecular complexity index is 990. The normalized spacial score (nSPS) is 20.2. The molecule has 134 valence electrons. The van der Waals surface area contributed by atoms with E-state index in [-0.39, 0.29) is 23.8 Å². The Hall–Kier alpha value is -3.13. The number of rotatable bonds is 3. The zero-order valence-electron chi connectivity index (χ0n) is 14.4. The summed E-state index contributed by atoms with van der Waals surface area (Å²) in [5.74, 6) is 1.51. The average Bonchev–Trinajstić information content (AvgIpc) is 3.20. The van der Waals surface area contributed by atoms with Crippen molar-refractivity contribution in [1.82, 2.24) is 20.8 Å². The number of aromatic amines is 1. The van der Waals surface area contributed by atoms with Crippen LogP contribution in [-0.4, -0.2) is 21.8 Å². The molecule has 3 heterocycles. The third-order valence-electron chi connectivity index (χ3n) is 4.45. The van der Waals surface area contributed by atoms with Crippen LogP contribution >= 0.6 is 0 Å². The van der Waals surface area contributed by atoms with Crippen LogP contribution in [0.5, 0.6) is 0 Å². The van der Waals surface area contributed by atoms with Gasteiger partial charge in [0.1, 0.15) is 0 Å². The van der Waals surface area contributed by atoms with Crippen molar-refractivity contribution in [3.63, 3.8) is 0 Å². The lowest BCUT2D eigenvalue weighted by atomic mass is 9.90. The molecule has 2 unspecified atom stereocenters. The first-order chi connectivity index (χ1) is 12.5. The summed E-state index contributed by atoms with van der Waals surface area (Å²) in [7, 11) is 0. The molecule has 1 aliphatic heterocycles. The van der Waals surface area contributed by atoms with Crippen molar-refractivity contribution >= 4 is 28.7 Å². The van der Waals surface area contributed by atoms with Gasteiger partial charge in [0.15, 0.2) is 17.5 Å². The van der Waals surface area contributed by atoms with Gasteiger partial charge in [-0.05, 0) is 29.7 Å². The predicted octanol–water partition coefficient (Wildman–Crippen LogP) is 2.48. The first-order valence-corrected chi connectivity index (χ1v) is 8.41. The van der Waals surface area contributed by atoms with E-state index in [9.17, 15) is 9.59 Å². The molecule has 3 aromatic rings. The number of carbonyl (C=O) groups excluding carboxylic acids is 2. The third kappa shape index (κ3) is 3.06. The highest BCUT2D eigenvalue weighted by Gasteiger charge is 2.27. The predicted molar refractivity (Wildman–Crippen MR) is 95.9 cm³/mol. The largest absolute Gasteiger partial charge is 0.437 e. The Balaban J connectivity index is 1.62. The number of furan rings is 1. The second-order valence-corrected chi connectivity index (χ2v) is 6.56. The van der Waals surface area contributed by atoms with E-state index in [1.54, 1.807) is 12.1 Å². The first-order valence-electron chi connectivity index (χ1n) is 8.41. The van der Waals surface area contributed by atoms with Crippen molar-refractivity contribution in [2.24, 2.45) is 5.92 Å². The Morgan fingerprint density at radius 3 is 2.92 bits per heavy atom. The van der Waals surface area contributed by atoms with Gasteiger partial charge in [0.25, 0.3) is 0 Å². The van der Waals surface area contributed by atoms with Crippen LogP contribution in [0.15, 0.2) is 34.7 Å². The summed E-state index contributed by atoms with van der Waals surface area (Å²) in [6, 6.07) is 9.44. The number of hydrogen-bond donors (Lipinski definition) is 4. The minimum atomic E-state index is -0.193. The molecule has 2 amide bonds. The van der Waals surface area contributed by atoms with E-state index in [1.807, 2.05) is 25.1 Å². The lowest BCUT2D eigenvalue weighted by Crippen LogP contribution is -2.48. The summed E-state index contributed by atoms with van der Waals surface area (Å²) in [6.45, 7) is 3.47. The molecule has 2 atom stereocenters. The van der Waals surface area contributed by atoms with E-state index in [0.29, 0.717) is 23.9 Å². The molecule has 8 heteroatoms. The monoisotopic (exact) mass is 353 g/mol. The molecule has 0 radical (unpaired) electrons. The number of hydrogen-bond acceptors (Lipinski definition) is 5. The van der Waals surface area contributed by atoms with E-state index in [1.165, 1.54) is 6.92 Å². The van der Waals surface area contributed by atoms with Crippen LogP contribution in [0, 0.1) is 5.92 Å². The lowest BCUT2D eigenvalue weighted by Gasteiger charge is -2.30. The minimum absolute atomic E-state index is 0.00597. The molecule has 0 bridgehead atoms. The van der Waals surface area contributed by atoms with Crippen molar-refractivity contribution in [3.05, 3.63) is 35.9 Å². The summed E-state index contributed by atoms with van der Waals surface area (Å²) >= 11 is 0. The van der Waals surface area contributed by atoms with Gasteiger partial charge in [-0.1, -0.05) is 13.0 Å². The zero-order chi connectivity index (χ0) is 18.3. The van der Waals surface area contributed by atoms with Crippen LogP contribution < -0.4 is 16.2 Å². The van der Waals surface area contributed by atoms with Crippen LogP contribution in [0.1, 0.15) is 31.9 Å². The van der Waals surface area contributed by atoms with E-state index >= 15 is 0 Å². The molecule has 1 fully saturated rings. The Morgan fingerprint density at radius 2 is 2.15 bits per heavy atom. The molecule has 4 rings (SSSR count). The number of imidazole rings is 1. The van der Waals surface area contributed by atoms with Crippen LogP contribution in [-0.2, 0) is 9.59 Å². The molecule has 1 aromatic carbocycles. The molecule has 1 saturated heterocycles. The van der Waals surface area contributed by atoms with Gasteiger partial charge in [-0.3, -0.25) is 20.3 Å². The molecule has 2 aromatic heterocycles. The minimum Gasteiger partial charge on any atom is -0.437 e. The second-order valence-electron chi connectivity index (χ2n) is 6.56. The van der Waals surface area contributed by atoms with Crippen LogP contribution in [0.2, 0.25) is 0 Å². The molecule has 4 N–H and O–H groups in total. The molecule has 1 aliphatic rings. The van der Waals surface area contributed by atoms with Crippen LogP contribution in [0.4, 0.5) is 5.88 Å². The van der Waals surface area contributed by atoms with Gasteiger partial charge in [0.05, 0.1) is 17.1 Å². The quantitative estimate of drug-likeness (QED) is 0.578. The van der Waals surface area contributed by atoms with Gasteiger partial charge in [-0.25, -0.2) is 10.4 Å². The third-order valence-corrected chi connectivity index (χ3v) is 4.45. The van der Waals surface area contributed by atoms with Gasteiger partial charge in [0, 0.05) is 19.4 Å². The van der Waals surface area contributed by atoms with E-state index in [4.69, 9.17) is 4.42 Å². The Kier molecular flexibility index (Phi) is 3.96. The van der Waals surface area contributed by atoms with Crippen LogP contribution in [0.25, 0.3) is 22.6 Å². The second kappa shape index (κ2) is 6.30. The average molecular weight is 353 g/mol. The summed E-state index contributed by atoms with van der Waals surface area (Å²) < 4.78 is 5.60. The summed E-state index contributed by atoms with van der Waals surface area (Å²) in [5, 5.41) is 2.60. The number of benzene rings is 1. The van der Waals surface area contributed by atoms with Gasteiger partial charge >= 0.3 is 0 Å². The van der Waals surface area contributed by atoms with Crippen molar-refractivity contribution in [2.75, 3.05) is 5.32 Å².